The second-order valence-electron chi connectivity index (χ2n) is 7.84. The highest BCUT2D eigenvalue weighted by atomic mass is 32.1. The van der Waals surface area contributed by atoms with E-state index in [9.17, 15) is 19.5 Å². The van der Waals surface area contributed by atoms with E-state index in [2.05, 4.69) is 6.92 Å². The maximum absolute atomic E-state index is 13.0. The van der Waals surface area contributed by atoms with Gasteiger partial charge in [-0.1, -0.05) is 6.92 Å². The molecule has 1 aliphatic carbocycles. The fourth-order valence-electron chi connectivity index (χ4n) is 4.25. The Morgan fingerprint density at radius 1 is 1.29 bits per heavy atom. The maximum Gasteiger partial charge on any atom is 0.332 e. The van der Waals surface area contributed by atoms with Gasteiger partial charge in [0.05, 0.1) is 44.2 Å². The minimum absolute atomic E-state index is 0.451. The fourth-order valence-corrected chi connectivity index (χ4v) is 5.77. The van der Waals surface area contributed by atoms with E-state index in [1.54, 1.807) is 4.57 Å². The van der Waals surface area contributed by atoms with Crippen molar-refractivity contribution in [3.05, 3.63) is 31.3 Å². The van der Waals surface area contributed by atoms with Gasteiger partial charge in [-0.2, -0.15) is 0 Å². The van der Waals surface area contributed by atoms with Crippen LogP contribution in [0.2, 0.25) is 0 Å². The number of carbonyl (C=O) groups excluding carboxylic acids is 1. The summed E-state index contributed by atoms with van der Waals surface area (Å²) in [5, 5.41) is 11.7. The first-order chi connectivity index (χ1) is 13.5. The number of aromatic nitrogens is 2. The molecule has 2 aromatic rings. The largest absolute Gasteiger partial charge is 0.548 e. The Morgan fingerprint density at radius 2 is 2.04 bits per heavy atom. The summed E-state index contributed by atoms with van der Waals surface area (Å²) in [5.74, 6) is -0.884. The summed E-state index contributed by atoms with van der Waals surface area (Å²) in [5.41, 5.74) is -0.0464. The molecule has 0 amide bonds. The standard InChI is InChI=1S/C19H25N3O5S/c1-12-2-3-13-14(10-12)28-18-16(13)17(25)22(11-15(23)24)19(26)21(18)5-4-20-6-8-27-9-7-20/h12H,2-11H2,1H3,(H,23,24)/t12-/m0/s1. The number of nitrogens with one attached hydrogen (secondary N) is 1. The SMILES string of the molecule is C[C@H]1CCc2c(sc3c2c(=O)n(CC(=O)[O-])c(=O)n3CC[NH+]2CCOCC2)C1. The number of aliphatic carboxylic acids is 1. The van der Waals surface area contributed by atoms with Gasteiger partial charge in [0.25, 0.3) is 5.56 Å². The lowest BCUT2D eigenvalue weighted by molar-refractivity contribution is -0.908. The Balaban J connectivity index is 1.82. The second kappa shape index (κ2) is 7.81. The molecule has 2 aromatic heterocycles. The first-order valence-corrected chi connectivity index (χ1v) is 10.7. The Morgan fingerprint density at radius 3 is 2.75 bits per heavy atom. The minimum Gasteiger partial charge on any atom is -0.548 e. The summed E-state index contributed by atoms with van der Waals surface area (Å²) in [6.07, 6.45) is 2.69. The smallest absolute Gasteiger partial charge is 0.332 e. The Hall–Kier alpha value is -1.97. The van der Waals surface area contributed by atoms with E-state index in [1.165, 1.54) is 16.2 Å². The zero-order valence-corrected chi connectivity index (χ0v) is 16.8. The van der Waals surface area contributed by atoms with E-state index in [-0.39, 0.29) is 0 Å². The van der Waals surface area contributed by atoms with Crippen molar-refractivity contribution >= 4 is 27.5 Å². The molecule has 1 aliphatic heterocycles. The van der Waals surface area contributed by atoms with Crippen molar-refractivity contribution in [1.82, 2.24) is 9.13 Å². The number of carboxylic acid groups (broad SMARTS) is 1. The summed E-state index contributed by atoms with van der Waals surface area (Å²) in [6, 6.07) is 0. The molecule has 8 nitrogen and oxygen atoms in total. The van der Waals surface area contributed by atoms with Gasteiger partial charge in [-0.25, -0.2) is 4.79 Å². The van der Waals surface area contributed by atoms with E-state index in [0.717, 1.165) is 53.9 Å². The lowest BCUT2D eigenvalue weighted by Gasteiger charge is -2.24. The molecule has 1 N–H and O–H groups in total. The predicted molar refractivity (Wildman–Crippen MR) is 103 cm³/mol. The van der Waals surface area contributed by atoms with Gasteiger partial charge in [0.2, 0.25) is 0 Å². The molecule has 2 aliphatic rings. The van der Waals surface area contributed by atoms with Crippen LogP contribution in [-0.4, -0.2) is 48.0 Å². The van der Waals surface area contributed by atoms with Gasteiger partial charge in [0, 0.05) is 4.88 Å². The third kappa shape index (κ3) is 3.54. The van der Waals surface area contributed by atoms with Crippen molar-refractivity contribution in [2.24, 2.45) is 5.92 Å². The van der Waals surface area contributed by atoms with E-state index in [0.29, 0.717) is 35.9 Å². The number of rotatable bonds is 5. The average molecular weight is 407 g/mol. The number of aryl methyl sites for hydroxylation is 1. The Kier molecular flexibility index (Phi) is 5.39. The van der Waals surface area contributed by atoms with E-state index in [1.807, 2.05) is 0 Å². The lowest BCUT2D eigenvalue weighted by atomic mass is 9.89. The van der Waals surface area contributed by atoms with Crippen LogP contribution >= 0.6 is 11.3 Å². The van der Waals surface area contributed by atoms with Crippen molar-refractivity contribution in [3.8, 4) is 0 Å². The molecule has 0 unspecified atom stereocenters. The van der Waals surface area contributed by atoms with Crippen LogP contribution in [0.4, 0.5) is 0 Å². The zero-order valence-electron chi connectivity index (χ0n) is 16.0. The number of hydrogen-bond acceptors (Lipinski definition) is 6. The van der Waals surface area contributed by atoms with Crippen molar-refractivity contribution in [2.75, 3.05) is 32.8 Å². The minimum atomic E-state index is -1.43. The van der Waals surface area contributed by atoms with Crippen LogP contribution in [0.15, 0.2) is 9.59 Å². The molecule has 1 atom stereocenters. The molecule has 1 fully saturated rings. The van der Waals surface area contributed by atoms with Crippen LogP contribution in [-0.2, 0) is 35.5 Å². The van der Waals surface area contributed by atoms with Gasteiger partial charge < -0.3 is 19.5 Å². The fraction of sp³-hybridized carbons (Fsp3) is 0.632. The van der Waals surface area contributed by atoms with Crippen LogP contribution in [0, 0.1) is 5.92 Å². The van der Waals surface area contributed by atoms with Crippen molar-refractivity contribution in [1.29, 1.82) is 0 Å². The molecule has 0 radical (unpaired) electrons. The summed E-state index contributed by atoms with van der Waals surface area (Å²) >= 11 is 1.53. The number of hydrogen-bond donors (Lipinski definition) is 1. The average Bonchev–Trinajstić information content (AvgIpc) is 3.04. The monoisotopic (exact) mass is 407 g/mol. The summed E-state index contributed by atoms with van der Waals surface area (Å²) in [6.45, 7) is 5.84. The molecule has 9 heteroatoms. The van der Waals surface area contributed by atoms with Crippen LogP contribution in [0.25, 0.3) is 10.2 Å². The quantitative estimate of drug-likeness (QED) is 0.619. The number of carboxylic acids is 1. The molecule has 0 spiro atoms. The summed E-state index contributed by atoms with van der Waals surface area (Å²) in [4.78, 5) is 40.4. The number of nitrogens with zero attached hydrogens (tertiary/aromatic N) is 2. The predicted octanol–water partition coefficient (Wildman–Crippen LogP) is -1.99. The summed E-state index contributed by atoms with van der Waals surface area (Å²) < 4.78 is 7.82. The van der Waals surface area contributed by atoms with Crippen LogP contribution < -0.4 is 21.3 Å². The highest BCUT2D eigenvalue weighted by Gasteiger charge is 2.26. The molecule has 3 heterocycles. The lowest BCUT2D eigenvalue weighted by Crippen LogP contribution is -3.14. The zero-order chi connectivity index (χ0) is 19.8. The van der Waals surface area contributed by atoms with Crippen LogP contribution in [0.5, 0.6) is 0 Å². The van der Waals surface area contributed by atoms with Crippen molar-refractivity contribution in [2.45, 2.75) is 39.3 Å². The molecule has 1 saturated heterocycles. The van der Waals surface area contributed by atoms with Gasteiger partial charge in [-0.3, -0.25) is 13.9 Å². The summed E-state index contributed by atoms with van der Waals surface area (Å²) in [7, 11) is 0. The number of fused-ring (bicyclic) bond motifs is 3. The topological polar surface area (TPSA) is 97.8 Å². The maximum atomic E-state index is 13.0. The van der Waals surface area contributed by atoms with E-state index >= 15 is 0 Å². The highest BCUT2D eigenvalue weighted by molar-refractivity contribution is 7.18. The van der Waals surface area contributed by atoms with Crippen molar-refractivity contribution < 1.29 is 19.5 Å². The molecular weight excluding hydrogens is 382 g/mol. The molecule has 152 valence electrons. The number of thiophene rings is 1. The number of ether oxygens (including phenoxy) is 1. The van der Waals surface area contributed by atoms with Crippen LogP contribution in [0.3, 0.4) is 0 Å². The first-order valence-electron chi connectivity index (χ1n) is 9.84. The third-order valence-corrected chi connectivity index (χ3v) is 7.11. The van der Waals surface area contributed by atoms with E-state index < -0.39 is 23.8 Å². The molecule has 0 bridgehead atoms. The Labute approximate surface area is 165 Å². The first kappa shape index (κ1) is 19.4. The third-order valence-electron chi connectivity index (χ3n) is 5.84. The Bertz CT molecular complexity index is 1020. The molecular formula is C19H25N3O5S. The van der Waals surface area contributed by atoms with Gasteiger partial charge in [0.15, 0.2) is 0 Å². The molecule has 4 rings (SSSR count). The van der Waals surface area contributed by atoms with Gasteiger partial charge >= 0.3 is 5.69 Å². The van der Waals surface area contributed by atoms with Crippen molar-refractivity contribution in [3.63, 3.8) is 0 Å². The van der Waals surface area contributed by atoms with Gasteiger partial charge in [-0.15, -0.1) is 11.3 Å². The number of morpholine rings is 1. The van der Waals surface area contributed by atoms with Gasteiger partial charge in [-0.05, 0) is 30.7 Å². The number of quaternary nitrogens is 1. The van der Waals surface area contributed by atoms with Gasteiger partial charge in [0.1, 0.15) is 17.9 Å². The second-order valence-corrected chi connectivity index (χ2v) is 8.93. The number of carbonyl (C=O) groups is 1. The normalized spacial score (nSPS) is 20.4. The molecule has 0 saturated carbocycles. The molecule has 28 heavy (non-hydrogen) atoms. The molecule has 0 aromatic carbocycles. The van der Waals surface area contributed by atoms with E-state index in [4.69, 9.17) is 4.74 Å². The van der Waals surface area contributed by atoms with Crippen LogP contribution in [0.1, 0.15) is 23.8 Å². The highest BCUT2D eigenvalue weighted by Crippen LogP contribution is 2.36.